The van der Waals surface area contributed by atoms with Gasteiger partial charge in [0.15, 0.2) is 5.76 Å². The molecule has 0 saturated carbocycles. The highest BCUT2D eigenvalue weighted by molar-refractivity contribution is 5.92. The highest BCUT2D eigenvalue weighted by Crippen LogP contribution is 2.30. The monoisotopic (exact) mass is 374 g/mol. The van der Waals surface area contributed by atoms with Crippen LogP contribution in [0.25, 0.3) is 11.3 Å². The van der Waals surface area contributed by atoms with Gasteiger partial charge in [-0.05, 0) is 55.7 Å². The van der Waals surface area contributed by atoms with Crippen molar-refractivity contribution in [3.8, 4) is 22.8 Å². The van der Waals surface area contributed by atoms with Crippen LogP contribution in [-0.4, -0.2) is 24.0 Å². The van der Waals surface area contributed by atoms with Crippen molar-refractivity contribution in [2.75, 3.05) is 0 Å². The quantitative estimate of drug-likeness (QED) is 0.696. The Balaban J connectivity index is 1.29. The Morgan fingerprint density at radius 2 is 1.86 bits per heavy atom. The van der Waals surface area contributed by atoms with Crippen molar-refractivity contribution in [1.82, 2.24) is 10.6 Å². The molecule has 5 heteroatoms. The molecule has 2 bridgehead atoms. The third-order valence-electron chi connectivity index (χ3n) is 5.54. The summed E-state index contributed by atoms with van der Waals surface area (Å²) < 4.78 is 11.7. The lowest BCUT2D eigenvalue weighted by Crippen LogP contribution is -2.42. The SMILES string of the molecule is O=C(NC1CC2CCC1N2)c1ccc(-c2cccc(Oc3ccccc3)c2)o1. The minimum Gasteiger partial charge on any atom is -0.457 e. The second-order valence-corrected chi connectivity index (χ2v) is 7.47. The van der Waals surface area contributed by atoms with Gasteiger partial charge in [0.2, 0.25) is 0 Å². The minimum absolute atomic E-state index is 0.151. The van der Waals surface area contributed by atoms with Crippen LogP contribution in [0.5, 0.6) is 11.5 Å². The third-order valence-corrected chi connectivity index (χ3v) is 5.54. The molecule has 2 fully saturated rings. The van der Waals surface area contributed by atoms with E-state index >= 15 is 0 Å². The maximum absolute atomic E-state index is 12.6. The summed E-state index contributed by atoms with van der Waals surface area (Å²) in [4.78, 5) is 12.6. The van der Waals surface area contributed by atoms with Gasteiger partial charge in [0, 0.05) is 23.7 Å². The summed E-state index contributed by atoms with van der Waals surface area (Å²) in [5.41, 5.74) is 0.870. The summed E-state index contributed by atoms with van der Waals surface area (Å²) in [5, 5.41) is 6.65. The molecule has 0 spiro atoms. The van der Waals surface area contributed by atoms with Gasteiger partial charge in [-0.25, -0.2) is 0 Å². The molecule has 2 aliphatic heterocycles. The average molecular weight is 374 g/mol. The van der Waals surface area contributed by atoms with Gasteiger partial charge >= 0.3 is 0 Å². The van der Waals surface area contributed by atoms with E-state index in [0.29, 0.717) is 23.6 Å². The van der Waals surface area contributed by atoms with E-state index in [1.54, 1.807) is 6.07 Å². The average Bonchev–Trinajstić information content (AvgIpc) is 3.46. The molecule has 5 rings (SSSR count). The van der Waals surface area contributed by atoms with Gasteiger partial charge in [0.1, 0.15) is 17.3 Å². The highest BCUT2D eigenvalue weighted by atomic mass is 16.5. The number of amides is 1. The molecule has 2 saturated heterocycles. The Hall–Kier alpha value is -3.05. The maximum atomic E-state index is 12.6. The predicted octanol–water partition coefficient (Wildman–Crippen LogP) is 4.36. The summed E-state index contributed by atoms with van der Waals surface area (Å²) in [5.74, 6) is 2.34. The number of carbonyl (C=O) groups excluding carboxylic acids is 1. The standard InChI is InChI=1S/C23H22N2O3/c26-23(25-20-14-16-9-10-19(20)24-16)22-12-11-21(28-22)15-5-4-8-18(13-15)27-17-6-2-1-3-7-17/h1-8,11-13,16,19-20,24H,9-10,14H2,(H,25,26). The molecular formula is C23H22N2O3. The van der Waals surface area contributed by atoms with E-state index in [1.165, 1.54) is 6.42 Å². The van der Waals surface area contributed by atoms with Crippen LogP contribution in [0.4, 0.5) is 0 Å². The molecule has 1 aromatic heterocycles. The lowest BCUT2D eigenvalue weighted by Gasteiger charge is -2.20. The van der Waals surface area contributed by atoms with E-state index in [4.69, 9.17) is 9.15 Å². The molecule has 3 aromatic rings. The topological polar surface area (TPSA) is 63.5 Å². The summed E-state index contributed by atoms with van der Waals surface area (Å²) in [6.07, 6.45) is 3.35. The van der Waals surface area contributed by atoms with E-state index in [9.17, 15) is 4.79 Å². The van der Waals surface area contributed by atoms with Crippen molar-refractivity contribution in [3.05, 3.63) is 72.5 Å². The van der Waals surface area contributed by atoms with Crippen LogP contribution >= 0.6 is 0 Å². The smallest absolute Gasteiger partial charge is 0.287 e. The van der Waals surface area contributed by atoms with Crippen molar-refractivity contribution in [2.45, 2.75) is 37.4 Å². The Bertz CT molecular complexity index is 982. The van der Waals surface area contributed by atoms with E-state index in [0.717, 1.165) is 29.9 Å². The molecular weight excluding hydrogens is 352 g/mol. The zero-order valence-electron chi connectivity index (χ0n) is 15.4. The van der Waals surface area contributed by atoms with Gasteiger partial charge in [-0.15, -0.1) is 0 Å². The Labute approximate surface area is 163 Å². The van der Waals surface area contributed by atoms with Crippen molar-refractivity contribution in [3.63, 3.8) is 0 Å². The number of hydrogen-bond acceptors (Lipinski definition) is 4. The fraction of sp³-hybridized carbons (Fsp3) is 0.261. The van der Waals surface area contributed by atoms with Crippen LogP contribution in [0.1, 0.15) is 29.8 Å². The molecule has 0 aliphatic carbocycles. The second-order valence-electron chi connectivity index (χ2n) is 7.47. The summed E-state index contributed by atoms with van der Waals surface area (Å²) in [7, 11) is 0. The Morgan fingerprint density at radius 3 is 2.64 bits per heavy atom. The van der Waals surface area contributed by atoms with Crippen LogP contribution in [0, 0.1) is 0 Å². The Kier molecular flexibility index (Phi) is 4.37. The fourth-order valence-corrected chi connectivity index (χ4v) is 4.18. The van der Waals surface area contributed by atoms with Crippen LogP contribution in [0.3, 0.4) is 0 Å². The molecule has 3 atom stereocenters. The number of fused-ring (bicyclic) bond motifs is 2. The van der Waals surface area contributed by atoms with Crippen LogP contribution in [-0.2, 0) is 0 Å². The molecule has 2 N–H and O–H groups in total. The highest BCUT2D eigenvalue weighted by Gasteiger charge is 2.39. The van der Waals surface area contributed by atoms with Crippen molar-refractivity contribution in [1.29, 1.82) is 0 Å². The number of carbonyl (C=O) groups is 1. The zero-order chi connectivity index (χ0) is 18.9. The van der Waals surface area contributed by atoms with E-state index < -0.39 is 0 Å². The summed E-state index contributed by atoms with van der Waals surface area (Å²) >= 11 is 0. The van der Waals surface area contributed by atoms with Gasteiger partial charge in [-0.1, -0.05) is 30.3 Å². The predicted molar refractivity (Wildman–Crippen MR) is 106 cm³/mol. The lowest BCUT2D eigenvalue weighted by molar-refractivity contribution is 0.0903. The molecule has 0 radical (unpaired) electrons. The number of hydrogen-bond donors (Lipinski definition) is 2. The molecule has 1 amide bonds. The summed E-state index contributed by atoms with van der Waals surface area (Å²) in [6.45, 7) is 0. The van der Waals surface area contributed by atoms with E-state index in [2.05, 4.69) is 10.6 Å². The number of nitrogens with one attached hydrogen (secondary N) is 2. The first-order valence-corrected chi connectivity index (χ1v) is 9.75. The third kappa shape index (κ3) is 3.41. The molecule has 28 heavy (non-hydrogen) atoms. The molecule has 5 nitrogen and oxygen atoms in total. The largest absolute Gasteiger partial charge is 0.457 e. The van der Waals surface area contributed by atoms with Crippen molar-refractivity contribution in [2.24, 2.45) is 0 Å². The number of furan rings is 1. The molecule has 142 valence electrons. The van der Waals surface area contributed by atoms with Crippen molar-refractivity contribution >= 4 is 5.91 Å². The van der Waals surface area contributed by atoms with Gasteiger partial charge in [0.05, 0.1) is 0 Å². The maximum Gasteiger partial charge on any atom is 0.287 e. The fourth-order valence-electron chi connectivity index (χ4n) is 4.18. The normalized spacial score (nSPS) is 22.9. The zero-order valence-corrected chi connectivity index (χ0v) is 15.4. The van der Waals surface area contributed by atoms with Gasteiger partial charge in [0.25, 0.3) is 5.91 Å². The second kappa shape index (κ2) is 7.17. The Morgan fingerprint density at radius 1 is 1.00 bits per heavy atom. The van der Waals surface area contributed by atoms with Gasteiger partial charge in [-0.2, -0.15) is 0 Å². The summed E-state index contributed by atoms with van der Waals surface area (Å²) in [6, 6.07) is 22.0. The first-order valence-electron chi connectivity index (χ1n) is 9.75. The molecule has 3 heterocycles. The number of para-hydroxylation sites is 1. The van der Waals surface area contributed by atoms with E-state index in [-0.39, 0.29) is 11.9 Å². The molecule has 2 aliphatic rings. The molecule has 3 unspecified atom stereocenters. The number of benzene rings is 2. The van der Waals surface area contributed by atoms with Crippen LogP contribution in [0.2, 0.25) is 0 Å². The van der Waals surface area contributed by atoms with Crippen LogP contribution < -0.4 is 15.4 Å². The van der Waals surface area contributed by atoms with Gasteiger partial charge < -0.3 is 19.8 Å². The number of ether oxygens (including phenoxy) is 1. The van der Waals surface area contributed by atoms with Crippen LogP contribution in [0.15, 0.2) is 71.1 Å². The number of rotatable bonds is 5. The first-order chi connectivity index (χ1) is 13.7. The lowest BCUT2D eigenvalue weighted by atomic mass is 9.95. The molecule has 2 aromatic carbocycles. The van der Waals surface area contributed by atoms with Gasteiger partial charge in [-0.3, -0.25) is 4.79 Å². The first kappa shape index (κ1) is 17.1. The van der Waals surface area contributed by atoms with E-state index in [1.807, 2.05) is 60.7 Å². The minimum atomic E-state index is -0.151. The van der Waals surface area contributed by atoms with Crippen molar-refractivity contribution < 1.29 is 13.9 Å².